The standard InChI is InChI=1S/C23H35N3O6/c1-6-16(4)20(26-23(30)32-14-17-10-8-7-9-11-17)22(29)25-18(12-15(2)3)21(28)24-13-19(27)31-5/h7-11,15-16,18,20H,6,12-14H2,1-5H3,(H,24,28)(H,25,29)(H,26,30)/t16-,18+,20+/m0/s1. The van der Waals surface area contributed by atoms with E-state index in [4.69, 9.17) is 4.74 Å². The average Bonchev–Trinajstić information content (AvgIpc) is 2.78. The van der Waals surface area contributed by atoms with Gasteiger partial charge in [-0.2, -0.15) is 0 Å². The fourth-order valence-corrected chi connectivity index (χ4v) is 2.91. The Labute approximate surface area is 189 Å². The molecule has 9 nitrogen and oxygen atoms in total. The Morgan fingerprint density at radius 3 is 2.19 bits per heavy atom. The van der Waals surface area contributed by atoms with Crippen LogP contribution in [0.1, 0.15) is 46.1 Å². The lowest BCUT2D eigenvalue weighted by atomic mass is 9.97. The van der Waals surface area contributed by atoms with Crippen LogP contribution in [-0.2, 0) is 30.5 Å². The van der Waals surface area contributed by atoms with Crippen LogP contribution in [0.2, 0.25) is 0 Å². The van der Waals surface area contributed by atoms with Crippen molar-refractivity contribution in [3.8, 4) is 0 Å². The summed E-state index contributed by atoms with van der Waals surface area (Å²) < 4.78 is 9.76. The summed E-state index contributed by atoms with van der Waals surface area (Å²) in [6.45, 7) is 7.34. The minimum Gasteiger partial charge on any atom is -0.468 e. The molecule has 0 aliphatic carbocycles. The molecule has 0 saturated heterocycles. The van der Waals surface area contributed by atoms with Crippen molar-refractivity contribution < 1.29 is 28.7 Å². The van der Waals surface area contributed by atoms with Crippen LogP contribution in [-0.4, -0.2) is 49.6 Å². The Morgan fingerprint density at radius 1 is 0.969 bits per heavy atom. The number of nitrogens with one attached hydrogen (secondary N) is 3. The van der Waals surface area contributed by atoms with E-state index in [1.54, 1.807) is 0 Å². The van der Waals surface area contributed by atoms with Gasteiger partial charge in [0.1, 0.15) is 25.2 Å². The van der Waals surface area contributed by atoms with E-state index >= 15 is 0 Å². The topological polar surface area (TPSA) is 123 Å². The minimum absolute atomic E-state index is 0.0768. The molecular formula is C23H35N3O6. The van der Waals surface area contributed by atoms with Gasteiger partial charge in [-0.15, -0.1) is 0 Å². The van der Waals surface area contributed by atoms with Crippen molar-refractivity contribution in [3.05, 3.63) is 35.9 Å². The maximum atomic E-state index is 13.0. The third-order valence-corrected chi connectivity index (χ3v) is 4.96. The smallest absolute Gasteiger partial charge is 0.408 e. The highest BCUT2D eigenvalue weighted by Crippen LogP contribution is 2.11. The predicted molar refractivity (Wildman–Crippen MR) is 119 cm³/mol. The molecule has 3 atom stereocenters. The zero-order chi connectivity index (χ0) is 24.1. The highest BCUT2D eigenvalue weighted by molar-refractivity contribution is 5.92. The van der Waals surface area contributed by atoms with Gasteiger partial charge in [0.25, 0.3) is 0 Å². The van der Waals surface area contributed by atoms with E-state index in [1.165, 1.54) is 7.11 Å². The molecule has 1 rings (SSSR count). The van der Waals surface area contributed by atoms with Gasteiger partial charge < -0.3 is 25.4 Å². The number of esters is 1. The summed E-state index contributed by atoms with van der Waals surface area (Å²) in [6.07, 6.45) is 0.273. The van der Waals surface area contributed by atoms with E-state index in [2.05, 4.69) is 20.7 Å². The van der Waals surface area contributed by atoms with Crippen LogP contribution in [0.15, 0.2) is 30.3 Å². The molecule has 1 aromatic rings. The third kappa shape index (κ3) is 9.80. The number of hydrogen-bond acceptors (Lipinski definition) is 6. The Kier molecular flexibility index (Phi) is 11.8. The van der Waals surface area contributed by atoms with Gasteiger partial charge in [0, 0.05) is 0 Å². The lowest BCUT2D eigenvalue weighted by Gasteiger charge is -2.26. The van der Waals surface area contributed by atoms with Crippen LogP contribution >= 0.6 is 0 Å². The van der Waals surface area contributed by atoms with Crippen LogP contribution in [0.4, 0.5) is 4.79 Å². The van der Waals surface area contributed by atoms with E-state index in [9.17, 15) is 19.2 Å². The number of alkyl carbamates (subject to hydrolysis) is 1. The normalized spacial score (nSPS) is 13.4. The summed E-state index contributed by atoms with van der Waals surface area (Å²) >= 11 is 0. The molecule has 0 radical (unpaired) electrons. The summed E-state index contributed by atoms with van der Waals surface area (Å²) in [5.74, 6) is -1.66. The molecule has 0 heterocycles. The second-order valence-electron chi connectivity index (χ2n) is 8.05. The molecule has 178 valence electrons. The first kappa shape index (κ1) is 26.9. The van der Waals surface area contributed by atoms with Gasteiger partial charge in [0.2, 0.25) is 11.8 Å². The number of hydrogen-bond donors (Lipinski definition) is 3. The SMILES string of the molecule is CC[C@H](C)[C@@H](NC(=O)OCc1ccccc1)C(=O)N[C@H](CC(C)C)C(=O)NCC(=O)OC. The van der Waals surface area contributed by atoms with Crippen molar-refractivity contribution in [1.82, 2.24) is 16.0 Å². The van der Waals surface area contributed by atoms with Crippen LogP contribution in [0.3, 0.4) is 0 Å². The van der Waals surface area contributed by atoms with E-state index in [-0.39, 0.29) is 25.0 Å². The molecule has 0 unspecified atom stereocenters. The molecule has 0 fully saturated rings. The largest absolute Gasteiger partial charge is 0.468 e. The van der Waals surface area contributed by atoms with E-state index in [0.717, 1.165) is 5.56 Å². The Hall–Kier alpha value is -3.10. The Bertz CT molecular complexity index is 753. The van der Waals surface area contributed by atoms with Crippen molar-refractivity contribution in [1.29, 1.82) is 0 Å². The van der Waals surface area contributed by atoms with Gasteiger partial charge in [-0.25, -0.2) is 4.79 Å². The Morgan fingerprint density at radius 2 is 1.62 bits per heavy atom. The van der Waals surface area contributed by atoms with Gasteiger partial charge in [0.05, 0.1) is 7.11 Å². The minimum atomic E-state index is -0.883. The lowest BCUT2D eigenvalue weighted by molar-refractivity contribution is -0.141. The second kappa shape index (κ2) is 14.1. The van der Waals surface area contributed by atoms with E-state index in [0.29, 0.717) is 12.8 Å². The molecule has 0 saturated carbocycles. The fourth-order valence-electron chi connectivity index (χ4n) is 2.91. The average molecular weight is 450 g/mol. The summed E-state index contributed by atoms with van der Waals surface area (Å²) in [5, 5.41) is 7.79. The Balaban J connectivity index is 2.80. The molecular weight excluding hydrogens is 414 g/mol. The molecule has 0 aromatic heterocycles. The number of carbonyl (C=O) groups excluding carboxylic acids is 4. The molecule has 0 bridgehead atoms. The first-order valence-corrected chi connectivity index (χ1v) is 10.8. The van der Waals surface area contributed by atoms with Gasteiger partial charge in [-0.05, 0) is 23.8 Å². The van der Waals surface area contributed by atoms with E-state index in [1.807, 2.05) is 58.0 Å². The number of methoxy groups -OCH3 is 1. The van der Waals surface area contributed by atoms with Crippen LogP contribution in [0.25, 0.3) is 0 Å². The highest BCUT2D eigenvalue weighted by Gasteiger charge is 2.30. The molecule has 1 aromatic carbocycles. The monoisotopic (exact) mass is 449 g/mol. The number of rotatable bonds is 12. The number of benzene rings is 1. The second-order valence-corrected chi connectivity index (χ2v) is 8.05. The maximum Gasteiger partial charge on any atom is 0.408 e. The summed E-state index contributed by atoms with van der Waals surface area (Å²) in [4.78, 5) is 49.2. The van der Waals surface area contributed by atoms with E-state index < -0.39 is 36.0 Å². The molecule has 0 aliphatic rings. The molecule has 3 amide bonds. The molecule has 9 heteroatoms. The van der Waals surface area contributed by atoms with Crippen molar-refractivity contribution in [3.63, 3.8) is 0 Å². The molecule has 0 spiro atoms. The first-order chi connectivity index (χ1) is 15.2. The van der Waals surface area contributed by atoms with Crippen LogP contribution in [0.5, 0.6) is 0 Å². The van der Waals surface area contributed by atoms with Crippen molar-refractivity contribution in [2.24, 2.45) is 11.8 Å². The maximum absolute atomic E-state index is 13.0. The highest BCUT2D eigenvalue weighted by atomic mass is 16.5. The first-order valence-electron chi connectivity index (χ1n) is 10.8. The van der Waals surface area contributed by atoms with Crippen molar-refractivity contribution >= 4 is 23.9 Å². The summed E-state index contributed by atoms with van der Waals surface area (Å²) in [6, 6.07) is 7.46. The number of amides is 3. The van der Waals surface area contributed by atoms with Crippen molar-refractivity contribution in [2.75, 3.05) is 13.7 Å². The molecule has 32 heavy (non-hydrogen) atoms. The zero-order valence-corrected chi connectivity index (χ0v) is 19.5. The van der Waals surface area contributed by atoms with Gasteiger partial charge in [0.15, 0.2) is 0 Å². The predicted octanol–water partition coefficient (Wildman–Crippen LogP) is 2.15. The van der Waals surface area contributed by atoms with Gasteiger partial charge in [-0.3, -0.25) is 14.4 Å². The van der Waals surface area contributed by atoms with Crippen molar-refractivity contribution in [2.45, 2.75) is 59.2 Å². The molecule has 0 aliphatic heterocycles. The number of carbonyl (C=O) groups is 4. The summed E-state index contributed by atoms with van der Waals surface area (Å²) in [7, 11) is 1.22. The summed E-state index contributed by atoms with van der Waals surface area (Å²) in [5.41, 5.74) is 0.825. The molecule has 3 N–H and O–H groups in total. The van der Waals surface area contributed by atoms with Crippen LogP contribution in [0, 0.1) is 11.8 Å². The fraction of sp³-hybridized carbons (Fsp3) is 0.565. The van der Waals surface area contributed by atoms with Crippen LogP contribution < -0.4 is 16.0 Å². The lowest BCUT2D eigenvalue weighted by Crippen LogP contribution is -2.56. The number of ether oxygens (including phenoxy) is 2. The van der Waals surface area contributed by atoms with Gasteiger partial charge >= 0.3 is 12.1 Å². The third-order valence-electron chi connectivity index (χ3n) is 4.96. The van der Waals surface area contributed by atoms with Gasteiger partial charge in [-0.1, -0.05) is 64.4 Å². The zero-order valence-electron chi connectivity index (χ0n) is 19.5. The quantitative estimate of drug-likeness (QED) is 0.420.